The van der Waals surface area contributed by atoms with Crippen LogP contribution in [0, 0.1) is 0 Å². The second kappa shape index (κ2) is 10.4. The fourth-order valence-electron chi connectivity index (χ4n) is 2.86. The first-order valence-electron chi connectivity index (χ1n) is 9.73. The molecule has 0 aliphatic rings. The minimum absolute atomic E-state index is 0.178. The number of thioether (sulfide) groups is 1. The van der Waals surface area contributed by atoms with E-state index < -0.39 is 0 Å². The predicted octanol–water partition coefficient (Wildman–Crippen LogP) is 4.78. The zero-order valence-corrected chi connectivity index (χ0v) is 18.7. The lowest BCUT2D eigenvalue weighted by Crippen LogP contribution is -2.16. The molecule has 30 heavy (non-hydrogen) atoms. The number of halogens is 1. The highest BCUT2D eigenvalue weighted by Gasteiger charge is 2.19. The van der Waals surface area contributed by atoms with Gasteiger partial charge >= 0.3 is 0 Å². The van der Waals surface area contributed by atoms with Crippen molar-refractivity contribution in [3.05, 3.63) is 59.1 Å². The Bertz CT molecular complexity index is 993. The molecule has 0 aliphatic heterocycles. The van der Waals surface area contributed by atoms with Crippen LogP contribution in [0.2, 0.25) is 5.15 Å². The fraction of sp³-hybridized carbons (Fsp3) is 0.333. The third-order valence-electron chi connectivity index (χ3n) is 4.44. The van der Waals surface area contributed by atoms with E-state index in [0.717, 1.165) is 18.0 Å². The zero-order chi connectivity index (χ0) is 21.5. The van der Waals surface area contributed by atoms with Crippen LogP contribution in [0.4, 0.5) is 5.69 Å². The number of anilines is 1. The topological polar surface area (TPSA) is 81.9 Å². The molecular formula is C21H24ClN5O2S. The van der Waals surface area contributed by atoms with Crippen molar-refractivity contribution in [1.29, 1.82) is 0 Å². The molecule has 1 N–H and O–H groups in total. The molecule has 0 bridgehead atoms. The number of ether oxygens (including phenoxy) is 1. The molecule has 0 aliphatic carbocycles. The first-order chi connectivity index (χ1) is 14.5. The molecule has 0 saturated carbocycles. The molecule has 0 radical (unpaired) electrons. The number of aryl methyl sites for hydroxylation is 1. The Morgan fingerprint density at radius 2 is 2.00 bits per heavy atom. The number of amides is 1. The van der Waals surface area contributed by atoms with Crippen LogP contribution in [-0.4, -0.2) is 31.4 Å². The molecular weight excluding hydrogens is 422 g/mol. The maximum atomic E-state index is 12.3. The van der Waals surface area contributed by atoms with Crippen molar-refractivity contribution in [3.63, 3.8) is 0 Å². The normalized spacial score (nSPS) is 11.9. The monoisotopic (exact) mass is 445 g/mol. The summed E-state index contributed by atoms with van der Waals surface area (Å²) in [5.41, 5.74) is 1.75. The minimum Gasteiger partial charge on any atom is -0.483 e. The Hall–Kier alpha value is -2.58. The quantitative estimate of drug-likeness (QED) is 0.377. The number of nitrogens with zero attached hydrogens (tertiary/aromatic N) is 4. The summed E-state index contributed by atoms with van der Waals surface area (Å²) in [6, 6.07) is 11.5. The summed E-state index contributed by atoms with van der Waals surface area (Å²) < 4.78 is 8.00. The van der Waals surface area contributed by atoms with Gasteiger partial charge in [-0.15, -0.1) is 10.2 Å². The SMILES string of the molecule is CCc1ccc(OC(C)c2nnc(SCC(=O)Nc3cccnc3Cl)n2CC)cc1. The third kappa shape index (κ3) is 5.52. The maximum absolute atomic E-state index is 12.3. The Morgan fingerprint density at radius 3 is 2.67 bits per heavy atom. The van der Waals surface area contributed by atoms with E-state index in [4.69, 9.17) is 16.3 Å². The van der Waals surface area contributed by atoms with E-state index in [1.165, 1.54) is 17.3 Å². The molecule has 0 spiro atoms. The van der Waals surface area contributed by atoms with Crippen LogP contribution < -0.4 is 10.1 Å². The average molecular weight is 446 g/mol. The molecule has 7 nitrogen and oxygen atoms in total. The van der Waals surface area contributed by atoms with Gasteiger partial charge in [-0.2, -0.15) is 0 Å². The second-order valence-electron chi connectivity index (χ2n) is 6.52. The molecule has 2 aromatic heterocycles. The summed E-state index contributed by atoms with van der Waals surface area (Å²) in [7, 11) is 0. The Balaban J connectivity index is 1.62. The molecule has 0 saturated heterocycles. The van der Waals surface area contributed by atoms with Gasteiger partial charge in [0.05, 0.1) is 11.4 Å². The zero-order valence-electron chi connectivity index (χ0n) is 17.1. The van der Waals surface area contributed by atoms with Crippen LogP contribution in [0.15, 0.2) is 47.8 Å². The van der Waals surface area contributed by atoms with Gasteiger partial charge in [-0.1, -0.05) is 42.4 Å². The van der Waals surface area contributed by atoms with E-state index in [2.05, 4.69) is 39.6 Å². The van der Waals surface area contributed by atoms with Crippen molar-refractivity contribution < 1.29 is 9.53 Å². The summed E-state index contributed by atoms with van der Waals surface area (Å²) in [5, 5.41) is 12.2. The molecule has 1 atom stereocenters. The van der Waals surface area contributed by atoms with Crippen LogP contribution in [-0.2, 0) is 17.8 Å². The van der Waals surface area contributed by atoms with Crippen LogP contribution in [0.25, 0.3) is 0 Å². The largest absolute Gasteiger partial charge is 0.483 e. The first-order valence-corrected chi connectivity index (χ1v) is 11.1. The Kier molecular flexibility index (Phi) is 7.70. The van der Waals surface area contributed by atoms with E-state index in [-0.39, 0.29) is 22.9 Å². The molecule has 2 heterocycles. The molecule has 1 amide bonds. The first kappa shape index (κ1) is 22.1. The average Bonchev–Trinajstić information content (AvgIpc) is 3.17. The van der Waals surface area contributed by atoms with Crippen molar-refractivity contribution in [1.82, 2.24) is 19.7 Å². The van der Waals surface area contributed by atoms with Crippen LogP contribution >= 0.6 is 23.4 Å². The number of hydrogen-bond acceptors (Lipinski definition) is 6. The smallest absolute Gasteiger partial charge is 0.234 e. The van der Waals surface area contributed by atoms with Gasteiger partial charge in [0.2, 0.25) is 5.91 Å². The summed E-state index contributed by atoms with van der Waals surface area (Å²) in [6.07, 6.45) is 2.28. The van der Waals surface area contributed by atoms with Gasteiger partial charge in [-0.05, 0) is 50.1 Å². The highest BCUT2D eigenvalue weighted by Crippen LogP contribution is 2.25. The van der Waals surface area contributed by atoms with Crippen LogP contribution in [0.5, 0.6) is 5.75 Å². The summed E-state index contributed by atoms with van der Waals surface area (Å²) in [6.45, 7) is 6.74. The Labute approximate surface area is 185 Å². The molecule has 9 heteroatoms. The van der Waals surface area contributed by atoms with E-state index in [1.807, 2.05) is 30.5 Å². The molecule has 3 aromatic rings. The molecule has 0 fully saturated rings. The number of aromatic nitrogens is 4. The number of benzene rings is 1. The van der Waals surface area contributed by atoms with E-state index >= 15 is 0 Å². The van der Waals surface area contributed by atoms with E-state index in [0.29, 0.717) is 17.4 Å². The highest BCUT2D eigenvalue weighted by molar-refractivity contribution is 7.99. The minimum atomic E-state index is -0.276. The molecule has 1 unspecified atom stereocenters. The lowest BCUT2D eigenvalue weighted by molar-refractivity contribution is -0.113. The summed E-state index contributed by atoms with van der Waals surface area (Å²) in [5.74, 6) is 1.49. The highest BCUT2D eigenvalue weighted by atomic mass is 35.5. The summed E-state index contributed by atoms with van der Waals surface area (Å²) >= 11 is 7.29. The van der Waals surface area contributed by atoms with Crippen molar-refractivity contribution in [2.45, 2.75) is 45.0 Å². The predicted molar refractivity (Wildman–Crippen MR) is 119 cm³/mol. The number of carbonyl (C=O) groups excluding carboxylic acids is 1. The Morgan fingerprint density at radius 1 is 1.23 bits per heavy atom. The number of hydrogen-bond donors (Lipinski definition) is 1. The van der Waals surface area contributed by atoms with Crippen molar-refractivity contribution >= 4 is 35.0 Å². The number of carbonyl (C=O) groups is 1. The molecule has 3 rings (SSSR count). The molecule has 1 aromatic carbocycles. The molecule has 158 valence electrons. The van der Waals surface area contributed by atoms with Gasteiger partial charge in [0.1, 0.15) is 5.75 Å². The van der Waals surface area contributed by atoms with Crippen molar-refractivity contribution in [3.8, 4) is 5.75 Å². The van der Waals surface area contributed by atoms with E-state index in [1.54, 1.807) is 18.3 Å². The number of nitrogens with one attached hydrogen (secondary N) is 1. The van der Waals surface area contributed by atoms with Gasteiger partial charge in [-0.3, -0.25) is 4.79 Å². The van der Waals surface area contributed by atoms with Crippen LogP contribution in [0.1, 0.15) is 38.3 Å². The van der Waals surface area contributed by atoms with Crippen molar-refractivity contribution in [2.24, 2.45) is 0 Å². The van der Waals surface area contributed by atoms with E-state index in [9.17, 15) is 4.79 Å². The standard InChI is InChI=1S/C21H24ClN5O2S/c1-4-15-8-10-16(11-9-15)29-14(3)20-25-26-21(27(20)5-2)30-13-18(28)24-17-7-6-12-23-19(17)22/h6-12,14H,4-5,13H2,1-3H3,(H,24,28). The van der Waals surface area contributed by atoms with Gasteiger partial charge in [0.15, 0.2) is 22.2 Å². The maximum Gasteiger partial charge on any atom is 0.234 e. The second-order valence-corrected chi connectivity index (χ2v) is 7.82. The van der Waals surface area contributed by atoms with Crippen molar-refractivity contribution in [2.75, 3.05) is 11.1 Å². The number of pyridine rings is 1. The van der Waals surface area contributed by atoms with Gasteiger partial charge in [0, 0.05) is 12.7 Å². The van der Waals surface area contributed by atoms with Crippen LogP contribution in [0.3, 0.4) is 0 Å². The van der Waals surface area contributed by atoms with Gasteiger partial charge < -0.3 is 14.6 Å². The van der Waals surface area contributed by atoms with Gasteiger partial charge in [0.25, 0.3) is 0 Å². The van der Waals surface area contributed by atoms with Gasteiger partial charge in [-0.25, -0.2) is 4.98 Å². The summed E-state index contributed by atoms with van der Waals surface area (Å²) in [4.78, 5) is 16.2. The fourth-order valence-corrected chi connectivity index (χ4v) is 3.84. The lowest BCUT2D eigenvalue weighted by atomic mass is 10.2. The lowest BCUT2D eigenvalue weighted by Gasteiger charge is -2.16. The third-order valence-corrected chi connectivity index (χ3v) is 5.70. The number of rotatable bonds is 9.